The maximum atomic E-state index is 13.7. The van der Waals surface area contributed by atoms with Crippen LogP contribution in [0.1, 0.15) is 38.8 Å². The predicted octanol–water partition coefficient (Wildman–Crippen LogP) is 5.28. The molecule has 1 unspecified atom stereocenters. The van der Waals surface area contributed by atoms with E-state index in [9.17, 15) is 9.18 Å². The van der Waals surface area contributed by atoms with E-state index in [1.807, 2.05) is 55.5 Å². The van der Waals surface area contributed by atoms with E-state index in [0.29, 0.717) is 12.2 Å². The van der Waals surface area contributed by atoms with Gasteiger partial charge >= 0.3 is 0 Å². The van der Waals surface area contributed by atoms with Gasteiger partial charge in [0.1, 0.15) is 17.3 Å². The fourth-order valence-corrected chi connectivity index (χ4v) is 4.21. The zero-order chi connectivity index (χ0) is 22.2. The summed E-state index contributed by atoms with van der Waals surface area (Å²) in [4.78, 5) is 15.2. The average molecular weight is 427 g/mol. The first-order chi connectivity index (χ1) is 15.5. The Balaban J connectivity index is 1.60. The Morgan fingerprint density at radius 1 is 1.00 bits per heavy atom. The number of methoxy groups -OCH3 is 1. The molecule has 160 valence electrons. The summed E-state index contributed by atoms with van der Waals surface area (Å²) < 4.78 is 18.9. The van der Waals surface area contributed by atoms with Crippen molar-refractivity contribution in [3.05, 3.63) is 107 Å². The number of nitrogens with zero attached hydrogens (tertiary/aromatic N) is 2. The molecule has 0 spiro atoms. The van der Waals surface area contributed by atoms with Crippen LogP contribution in [0.3, 0.4) is 0 Å². The van der Waals surface area contributed by atoms with Gasteiger partial charge in [0.2, 0.25) is 0 Å². The van der Waals surface area contributed by atoms with E-state index in [4.69, 9.17) is 4.74 Å². The molecule has 1 aliphatic rings. The molecule has 0 radical (unpaired) electrons. The van der Waals surface area contributed by atoms with Crippen molar-refractivity contribution in [1.29, 1.82) is 0 Å². The molecule has 32 heavy (non-hydrogen) atoms. The smallest absolute Gasteiger partial charge is 0.273 e. The number of carbonyl (C=O) groups excluding carboxylic acids is 1. The third kappa shape index (κ3) is 3.43. The average Bonchev–Trinajstić information content (AvgIpc) is 3.35. The SMILES string of the molecule is COc1ccc(CN2C(=O)c3[nH]nc(-c4ccc(C)cc4)c3C2c2ccc(F)cc2)cc1. The van der Waals surface area contributed by atoms with E-state index in [-0.39, 0.29) is 17.8 Å². The minimum absolute atomic E-state index is 0.129. The van der Waals surface area contributed by atoms with E-state index in [1.54, 1.807) is 24.1 Å². The summed E-state index contributed by atoms with van der Waals surface area (Å²) in [7, 11) is 1.62. The van der Waals surface area contributed by atoms with Crippen molar-refractivity contribution in [3.63, 3.8) is 0 Å². The quantitative estimate of drug-likeness (QED) is 0.472. The number of rotatable bonds is 5. The normalized spacial score (nSPS) is 15.2. The summed E-state index contributed by atoms with van der Waals surface area (Å²) in [6.07, 6.45) is 0. The Morgan fingerprint density at radius 2 is 1.69 bits per heavy atom. The van der Waals surface area contributed by atoms with E-state index >= 15 is 0 Å². The second-order valence-electron chi connectivity index (χ2n) is 7.96. The maximum absolute atomic E-state index is 13.7. The second-order valence-corrected chi connectivity index (χ2v) is 7.96. The van der Waals surface area contributed by atoms with Crippen molar-refractivity contribution < 1.29 is 13.9 Å². The number of ether oxygens (including phenoxy) is 1. The highest BCUT2D eigenvalue weighted by Crippen LogP contribution is 2.43. The van der Waals surface area contributed by atoms with Crippen LogP contribution in [0.2, 0.25) is 0 Å². The number of carbonyl (C=O) groups is 1. The van der Waals surface area contributed by atoms with Crippen LogP contribution in [0.15, 0.2) is 72.8 Å². The fraction of sp³-hybridized carbons (Fsp3) is 0.154. The topological polar surface area (TPSA) is 58.2 Å². The molecule has 0 bridgehead atoms. The van der Waals surface area contributed by atoms with Gasteiger partial charge in [-0.15, -0.1) is 0 Å². The summed E-state index contributed by atoms with van der Waals surface area (Å²) in [5, 5.41) is 7.44. The molecule has 0 fully saturated rings. The number of amides is 1. The fourth-order valence-electron chi connectivity index (χ4n) is 4.21. The molecule has 2 heterocycles. The summed E-state index contributed by atoms with van der Waals surface area (Å²) in [5.74, 6) is 0.314. The lowest BCUT2D eigenvalue weighted by atomic mass is 9.95. The van der Waals surface area contributed by atoms with Gasteiger partial charge in [-0.25, -0.2) is 4.39 Å². The lowest BCUT2D eigenvalue weighted by molar-refractivity contribution is 0.0730. The summed E-state index contributed by atoms with van der Waals surface area (Å²) in [6.45, 7) is 2.43. The first kappa shape index (κ1) is 20.0. The van der Waals surface area contributed by atoms with Crippen molar-refractivity contribution in [2.24, 2.45) is 0 Å². The van der Waals surface area contributed by atoms with Crippen LogP contribution in [0.5, 0.6) is 5.75 Å². The van der Waals surface area contributed by atoms with Crippen molar-refractivity contribution in [2.45, 2.75) is 19.5 Å². The Morgan fingerprint density at radius 3 is 2.34 bits per heavy atom. The zero-order valence-electron chi connectivity index (χ0n) is 17.8. The lowest BCUT2D eigenvalue weighted by Crippen LogP contribution is -2.29. The van der Waals surface area contributed by atoms with Gasteiger partial charge < -0.3 is 9.64 Å². The van der Waals surface area contributed by atoms with Gasteiger partial charge in [-0.05, 0) is 42.3 Å². The van der Waals surface area contributed by atoms with Gasteiger partial charge in [0, 0.05) is 17.7 Å². The highest BCUT2D eigenvalue weighted by atomic mass is 19.1. The van der Waals surface area contributed by atoms with Crippen molar-refractivity contribution in [1.82, 2.24) is 15.1 Å². The van der Waals surface area contributed by atoms with Crippen LogP contribution in [-0.2, 0) is 6.54 Å². The molecule has 5 nitrogen and oxygen atoms in total. The number of nitrogens with one attached hydrogen (secondary N) is 1. The highest BCUT2D eigenvalue weighted by Gasteiger charge is 2.42. The summed E-state index contributed by atoms with van der Waals surface area (Å²) >= 11 is 0. The molecule has 5 rings (SSSR count). The van der Waals surface area contributed by atoms with Gasteiger partial charge in [0.25, 0.3) is 5.91 Å². The Hall–Kier alpha value is -3.93. The minimum atomic E-state index is -0.379. The Labute approximate surface area is 185 Å². The third-order valence-electron chi connectivity index (χ3n) is 5.89. The Bertz CT molecular complexity index is 1260. The number of fused-ring (bicyclic) bond motifs is 1. The van der Waals surface area contributed by atoms with Crippen molar-refractivity contribution in [2.75, 3.05) is 7.11 Å². The highest BCUT2D eigenvalue weighted by molar-refractivity contribution is 6.00. The number of benzene rings is 3. The monoisotopic (exact) mass is 427 g/mol. The molecule has 0 saturated carbocycles. The third-order valence-corrected chi connectivity index (χ3v) is 5.89. The first-order valence-corrected chi connectivity index (χ1v) is 10.4. The molecule has 0 aliphatic carbocycles. The largest absolute Gasteiger partial charge is 0.497 e. The molecular formula is C26H22FN3O2. The summed E-state index contributed by atoms with van der Waals surface area (Å²) in [5.41, 5.74) is 5.91. The number of H-pyrrole nitrogens is 1. The lowest BCUT2D eigenvalue weighted by Gasteiger charge is -2.26. The second kappa shape index (κ2) is 7.96. The van der Waals surface area contributed by atoms with Gasteiger partial charge in [0.05, 0.1) is 18.8 Å². The molecule has 1 amide bonds. The Kier molecular flexibility index (Phi) is 4.98. The van der Waals surface area contributed by atoms with E-state index < -0.39 is 0 Å². The van der Waals surface area contributed by atoms with Crippen LogP contribution in [0.4, 0.5) is 4.39 Å². The van der Waals surface area contributed by atoms with Crippen LogP contribution in [0, 0.1) is 12.7 Å². The minimum Gasteiger partial charge on any atom is -0.497 e. The van der Waals surface area contributed by atoms with E-state index in [0.717, 1.165) is 39.3 Å². The van der Waals surface area contributed by atoms with Crippen LogP contribution in [-0.4, -0.2) is 28.1 Å². The molecule has 3 aromatic carbocycles. The molecule has 1 N–H and O–H groups in total. The molecule has 6 heteroatoms. The van der Waals surface area contributed by atoms with Gasteiger partial charge in [-0.2, -0.15) is 5.10 Å². The van der Waals surface area contributed by atoms with Crippen LogP contribution >= 0.6 is 0 Å². The maximum Gasteiger partial charge on any atom is 0.273 e. The van der Waals surface area contributed by atoms with Crippen LogP contribution < -0.4 is 4.74 Å². The predicted molar refractivity (Wildman–Crippen MR) is 120 cm³/mol. The number of aromatic nitrogens is 2. The molecule has 4 aromatic rings. The molecular weight excluding hydrogens is 405 g/mol. The number of hydrogen-bond donors (Lipinski definition) is 1. The summed E-state index contributed by atoms with van der Waals surface area (Å²) in [6, 6.07) is 21.6. The van der Waals surface area contributed by atoms with Gasteiger partial charge in [-0.3, -0.25) is 9.89 Å². The number of hydrogen-bond acceptors (Lipinski definition) is 3. The number of aromatic amines is 1. The first-order valence-electron chi connectivity index (χ1n) is 10.4. The number of halogens is 1. The standard InChI is InChI=1S/C26H22FN3O2/c1-16-3-7-18(8-4-16)23-22-24(29-28-23)26(31)30(15-17-5-13-21(32-2)14-6-17)25(22)19-9-11-20(27)12-10-19/h3-14,25H,15H2,1-2H3,(H,28,29). The molecule has 1 aromatic heterocycles. The van der Waals surface area contributed by atoms with Gasteiger partial charge in [0.15, 0.2) is 0 Å². The van der Waals surface area contributed by atoms with Crippen molar-refractivity contribution >= 4 is 5.91 Å². The molecule has 1 atom stereocenters. The molecule has 0 saturated heterocycles. The molecule has 1 aliphatic heterocycles. The van der Waals surface area contributed by atoms with Crippen molar-refractivity contribution in [3.8, 4) is 17.0 Å². The zero-order valence-corrected chi connectivity index (χ0v) is 17.8. The number of aryl methyl sites for hydroxylation is 1. The van der Waals surface area contributed by atoms with Gasteiger partial charge in [-0.1, -0.05) is 54.1 Å². The van der Waals surface area contributed by atoms with Crippen LogP contribution in [0.25, 0.3) is 11.3 Å². The van der Waals surface area contributed by atoms with E-state index in [2.05, 4.69) is 10.2 Å². The van der Waals surface area contributed by atoms with E-state index in [1.165, 1.54) is 12.1 Å².